The maximum atomic E-state index is 14.0. The minimum Gasteiger partial charge on any atom is -0.497 e. The van der Waals surface area contributed by atoms with Gasteiger partial charge in [-0.05, 0) is 18.2 Å². The van der Waals surface area contributed by atoms with Crippen molar-refractivity contribution in [2.24, 2.45) is 0 Å². The maximum Gasteiger partial charge on any atom is 0.128 e. The molecule has 3 rings (SSSR count). The molecule has 0 amide bonds. The lowest BCUT2D eigenvalue weighted by atomic mass is 9.97. The predicted octanol–water partition coefficient (Wildman–Crippen LogP) is 1.79. The Morgan fingerprint density at radius 3 is 3.17 bits per heavy atom. The fourth-order valence-corrected chi connectivity index (χ4v) is 2.35. The van der Waals surface area contributed by atoms with E-state index >= 15 is 0 Å². The van der Waals surface area contributed by atoms with Gasteiger partial charge >= 0.3 is 0 Å². The van der Waals surface area contributed by atoms with E-state index in [1.807, 2.05) is 0 Å². The summed E-state index contributed by atoms with van der Waals surface area (Å²) in [7, 11) is 1.57. The van der Waals surface area contributed by atoms with Gasteiger partial charge in [0, 0.05) is 24.2 Å². The van der Waals surface area contributed by atoms with Gasteiger partial charge in [-0.1, -0.05) is 0 Å². The molecule has 1 aliphatic rings. The highest BCUT2D eigenvalue weighted by Crippen LogP contribution is 2.30. The van der Waals surface area contributed by atoms with Crippen LogP contribution in [0.2, 0.25) is 0 Å². The molecule has 4 nitrogen and oxygen atoms in total. The molecule has 0 unspecified atom stereocenters. The number of aromatic amines is 1. The molecule has 2 aromatic rings. The number of ether oxygens (including phenoxy) is 1. The summed E-state index contributed by atoms with van der Waals surface area (Å²) in [5.74, 6) is 0.403. The Bertz CT molecular complexity index is 567. The number of imidazole rings is 1. The zero-order chi connectivity index (χ0) is 12.5. The highest BCUT2D eigenvalue weighted by molar-refractivity contribution is 5.38. The zero-order valence-corrected chi connectivity index (χ0v) is 10.0. The van der Waals surface area contributed by atoms with Gasteiger partial charge in [0.15, 0.2) is 0 Å². The normalized spacial score (nSPS) is 18.4. The molecular formula is C13H14FN3O. The highest BCUT2D eigenvalue weighted by Gasteiger charge is 2.26. The second-order valence-electron chi connectivity index (χ2n) is 4.29. The largest absolute Gasteiger partial charge is 0.497 e. The number of nitrogens with one attached hydrogen (secondary N) is 2. The zero-order valence-electron chi connectivity index (χ0n) is 10.0. The van der Waals surface area contributed by atoms with E-state index in [-0.39, 0.29) is 11.9 Å². The summed E-state index contributed by atoms with van der Waals surface area (Å²) in [6, 6.07) is 4.55. The van der Waals surface area contributed by atoms with Gasteiger partial charge in [-0.15, -0.1) is 0 Å². The highest BCUT2D eigenvalue weighted by atomic mass is 19.1. The third-order valence-corrected chi connectivity index (χ3v) is 3.26. The van der Waals surface area contributed by atoms with E-state index in [0.29, 0.717) is 11.3 Å². The van der Waals surface area contributed by atoms with Gasteiger partial charge in [-0.2, -0.15) is 0 Å². The molecule has 5 heteroatoms. The first-order valence-electron chi connectivity index (χ1n) is 5.88. The minimum atomic E-state index is -0.246. The van der Waals surface area contributed by atoms with Crippen molar-refractivity contribution in [2.75, 3.05) is 13.7 Å². The number of hydrogen-bond acceptors (Lipinski definition) is 3. The number of halogens is 1. The van der Waals surface area contributed by atoms with E-state index in [9.17, 15) is 4.39 Å². The van der Waals surface area contributed by atoms with Crippen molar-refractivity contribution in [1.82, 2.24) is 15.3 Å². The van der Waals surface area contributed by atoms with Gasteiger partial charge in [0.05, 0.1) is 25.2 Å². The minimum absolute atomic E-state index is 0.213. The van der Waals surface area contributed by atoms with Gasteiger partial charge in [0.1, 0.15) is 11.6 Å². The molecule has 1 aromatic heterocycles. The Kier molecular flexibility index (Phi) is 2.76. The number of H-pyrrole nitrogens is 1. The third-order valence-electron chi connectivity index (χ3n) is 3.26. The van der Waals surface area contributed by atoms with Crippen LogP contribution in [-0.2, 0) is 6.42 Å². The van der Waals surface area contributed by atoms with Crippen molar-refractivity contribution in [2.45, 2.75) is 12.5 Å². The lowest BCUT2D eigenvalue weighted by Crippen LogP contribution is -2.31. The molecule has 1 aliphatic heterocycles. The Balaban J connectivity index is 2.06. The first kappa shape index (κ1) is 11.2. The lowest BCUT2D eigenvalue weighted by molar-refractivity contribution is 0.411. The topological polar surface area (TPSA) is 49.9 Å². The van der Waals surface area contributed by atoms with E-state index in [2.05, 4.69) is 15.3 Å². The fraction of sp³-hybridized carbons (Fsp3) is 0.308. The quantitative estimate of drug-likeness (QED) is 0.850. The van der Waals surface area contributed by atoms with Crippen molar-refractivity contribution in [3.8, 4) is 5.75 Å². The summed E-state index contributed by atoms with van der Waals surface area (Å²) in [5, 5.41) is 3.29. The number of methoxy groups -OCH3 is 1. The van der Waals surface area contributed by atoms with Crippen molar-refractivity contribution >= 4 is 0 Å². The summed E-state index contributed by atoms with van der Waals surface area (Å²) >= 11 is 0. The summed E-state index contributed by atoms with van der Waals surface area (Å²) in [6.45, 7) is 0.802. The van der Waals surface area contributed by atoms with Gasteiger partial charge in [0.25, 0.3) is 0 Å². The molecule has 0 saturated carbocycles. The Morgan fingerprint density at radius 2 is 2.33 bits per heavy atom. The second kappa shape index (κ2) is 4.42. The van der Waals surface area contributed by atoms with Crippen molar-refractivity contribution in [3.63, 3.8) is 0 Å². The summed E-state index contributed by atoms with van der Waals surface area (Å²) in [6.07, 6.45) is 2.54. The van der Waals surface area contributed by atoms with E-state index in [1.54, 1.807) is 25.6 Å². The number of rotatable bonds is 2. The fourth-order valence-electron chi connectivity index (χ4n) is 2.35. The van der Waals surface area contributed by atoms with Crippen molar-refractivity contribution < 1.29 is 9.13 Å². The number of aromatic nitrogens is 2. The first-order chi connectivity index (χ1) is 8.79. The van der Waals surface area contributed by atoms with E-state index in [4.69, 9.17) is 4.74 Å². The molecule has 18 heavy (non-hydrogen) atoms. The van der Waals surface area contributed by atoms with Crippen molar-refractivity contribution in [1.29, 1.82) is 0 Å². The standard InChI is InChI=1S/C13H14FN3O/c1-18-8-2-3-10(14)9(6-8)12-13-11(4-5-15-12)16-7-17-13/h2-3,6-7,12,15H,4-5H2,1H3,(H,16,17)/t12-/m0/s1. The average Bonchev–Trinajstić information content (AvgIpc) is 2.87. The summed E-state index contributed by atoms with van der Waals surface area (Å²) in [5.41, 5.74) is 2.51. The molecule has 0 fully saturated rings. The smallest absolute Gasteiger partial charge is 0.128 e. The molecule has 94 valence electrons. The van der Waals surface area contributed by atoms with Crippen LogP contribution in [0.3, 0.4) is 0 Å². The van der Waals surface area contributed by atoms with Crippen LogP contribution < -0.4 is 10.1 Å². The molecule has 2 N–H and O–H groups in total. The predicted molar refractivity (Wildman–Crippen MR) is 65.1 cm³/mol. The van der Waals surface area contributed by atoms with Crippen LogP contribution >= 0.6 is 0 Å². The molecule has 0 spiro atoms. The Hall–Kier alpha value is -1.88. The van der Waals surface area contributed by atoms with Gasteiger partial charge in [-0.25, -0.2) is 9.37 Å². The first-order valence-corrected chi connectivity index (χ1v) is 5.88. The molecule has 0 aliphatic carbocycles. The van der Waals surface area contributed by atoms with Gasteiger partial charge < -0.3 is 15.0 Å². The molecule has 0 radical (unpaired) electrons. The molecule has 2 heterocycles. The summed E-state index contributed by atoms with van der Waals surface area (Å²) in [4.78, 5) is 7.39. The Morgan fingerprint density at radius 1 is 1.44 bits per heavy atom. The number of hydrogen-bond donors (Lipinski definition) is 2. The van der Waals surface area contributed by atoms with E-state index in [1.165, 1.54) is 6.07 Å². The van der Waals surface area contributed by atoms with E-state index < -0.39 is 0 Å². The van der Waals surface area contributed by atoms with Crippen LogP contribution in [0.25, 0.3) is 0 Å². The van der Waals surface area contributed by atoms with Gasteiger partial charge in [0.2, 0.25) is 0 Å². The number of fused-ring (bicyclic) bond motifs is 1. The second-order valence-corrected chi connectivity index (χ2v) is 4.29. The van der Waals surface area contributed by atoms with Crippen LogP contribution in [0.4, 0.5) is 4.39 Å². The molecular weight excluding hydrogens is 233 g/mol. The summed E-state index contributed by atoms with van der Waals surface area (Å²) < 4.78 is 19.1. The third kappa shape index (κ3) is 1.76. The molecule has 1 aromatic carbocycles. The molecule has 0 saturated heterocycles. The molecule has 1 atom stereocenters. The maximum absolute atomic E-state index is 14.0. The number of benzene rings is 1. The lowest BCUT2D eigenvalue weighted by Gasteiger charge is -2.24. The van der Waals surface area contributed by atoms with Crippen LogP contribution in [0, 0.1) is 5.82 Å². The van der Waals surface area contributed by atoms with Crippen molar-refractivity contribution in [3.05, 3.63) is 47.3 Å². The average molecular weight is 247 g/mol. The molecule has 0 bridgehead atoms. The van der Waals surface area contributed by atoms with Crippen LogP contribution in [0.5, 0.6) is 5.75 Å². The SMILES string of the molecule is COc1ccc(F)c([C@@H]2NCCc3[nH]cnc32)c1. The van der Waals surface area contributed by atoms with E-state index in [0.717, 1.165) is 24.4 Å². The van der Waals surface area contributed by atoms with Crippen LogP contribution in [0.15, 0.2) is 24.5 Å². The Labute approximate surface area is 104 Å². The monoisotopic (exact) mass is 247 g/mol. The van der Waals surface area contributed by atoms with Crippen LogP contribution in [0.1, 0.15) is 23.0 Å². The van der Waals surface area contributed by atoms with Crippen LogP contribution in [-0.4, -0.2) is 23.6 Å². The van der Waals surface area contributed by atoms with Gasteiger partial charge in [-0.3, -0.25) is 0 Å². The number of nitrogens with zero attached hydrogens (tertiary/aromatic N) is 1.